The normalized spacial score (nSPS) is 24.4. The summed E-state index contributed by atoms with van der Waals surface area (Å²) in [5, 5.41) is 10.8. The molecule has 6 nitrogen and oxygen atoms in total. The van der Waals surface area contributed by atoms with Gasteiger partial charge in [0.25, 0.3) is 0 Å². The van der Waals surface area contributed by atoms with E-state index in [1.165, 1.54) is 0 Å². The number of amides is 1. The molecule has 2 atom stereocenters. The number of hydrogen-bond donors (Lipinski definition) is 0. The zero-order valence-electron chi connectivity index (χ0n) is 11.4. The van der Waals surface area contributed by atoms with Crippen molar-refractivity contribution in [1.29, 1.82) is 0 Å². The lowest BCUT2D eigenvalue weighted by Gasteiger charge is -2.35. The first-order chi connectivity index (χ1) is 8.92. The van der Waals surface area contributed by atoms with Crippen LogP contribution in [-0.2, 0) is 4.74 Å². The summed E-state index contributed by atoms with van der Waals surface area (Å²) in [4.78, 5) is 22.5. The summed E-state index contributed by atoms with van der Waals surface area (Å²) in [5.41, 5.74) is -0.803. The molecule has 0 spiro atoms. The molecule has 0 unspecified atom stereocenters. The molecule has 116 valence electrons. The number of rotatable bonds is 1. The summed E-state index contributed by atoms with van der Waals surface area (Å²) in [6.45, 7) is 4.03. The molecule has 0 aromatic rings. The van der Waals surface area contributed by atoms with E-state index in [1.54, 1.807) is 20.8 Å². The predicted octanol–water partition coefficient (Wildman–Crippen LogP) is 2.45. The average molecular weight is 298 g/mol. The van der Waals surface area contributed by atoms with Gasteiger partial charge in [-0.25, -0.2) is 4.79 Å². The molecule has 0 aliphatic carbocycles. The lowest BCUT2D eigenvalue weighted by atomic mass is 9.91. The van der Waals surface area contributed by atoms with Crippen molar-refractivity contribution in [2.24, 2.45) is 5.92 Å². The maximum Gasteiger partial charge on any atom is 0.410 e. The number of nitro groups is 1. The largest absolute Gasteiger partial charge is 0.444 e. The molecule has 0 aromatic heterocycles. The molecule has 1 aliphatic heterocycles. The van der Waals surface area contributed by atoms with Crippen molar-refractivity contribution < 1.29 is 27.6 Å². The third kappa shape index (κ3) is 4.24. The summed E-state index contributed by atoms with van der Waals surface area (Å²) in [5.74, 6) is -2.03. The Kier molecular flexibility index (Phi) is 4.50. The maximum absolute atomic E-state index is 12.7. The predicted molar refractivity (Wildman–Crippen MR) is 62.8 cm³/mol. The van der Waals surface area contributed by atoms with E-state index in [0.29, 0.717) is 0 Å². The first-order valence-electron chi connectivity index (χ1n) is 6.10. The molecule has 9 heteroatoms. The van der Waals surface area contributed by atoms with Crippen LogP contribution in [0.15, 0.2) is 0 Å². The number of alkyl halides is 3. The Morgan fingerprint density at radius 3 is 2.30 bits per heavy atom. The van der Waals surface area contributed by atoms with Crippen LogP contribution >= 0.6 is 0 Å². The standard InChI is InChI=1S/C11H17F3N2O4/c1-10(2,3)20-9(17)15-5-4-7(11(12,13)14)8(6-15)16(18)19/h7-8H,4-6H2,1-3H3/t7-,8-/m1/s1. The van der Waals surface area contributed by atoms with Crippen molar-refractivity contribution in [3.05, 3.63) is 10.1 Å². The fourth-order valence-electron chi connectivity index (χ4n) is 2.02. The van der Waals surface area contributed by atoms with E-state index in [4.69, 9.17) is 4.74 Å². The van der Waals surface area contributed by atoms with E-state index in [-0.39, 0.29) is 6.54 Å². The van der Waals surface area contributed by atoms with E-state index in [2.05, 4.69) is 0 Å². The molecule has 0 radical (unpaired) electrons. The highest BCUT2D eigenvalue weighted by Gasteiger charge is 2.53. The average Bonchev–Trinajstić information content (AvgIpc) is 2.24. The van der Waals surface area contributed by atoms with Crippen molar-refractivity contribution in [3.63, 3.8) is 0 Å². The number of halogens is 3. The molecule has 1 rings (SSSR count). The number of hydrogen-bond acceptors (Lipinski definition) is 4. The molecule has 1 amide bonds. The minimum atomic E-state index is -4.64. The number of ether oxygens (including phenoxy) is 1. The maximum atomic E-state index is 12.7. The molecule has 20 heavy (non-hydrogen) atoms. The van der Waals surface area contributed by atoms with Crippen LogP contribution in [-0.4, -0.2) is 46.8 Å². The van der Waals surface area contributed by atoms with Crippen LogP contribution in [0.1, 0.15) is 27.2 Å². The van der Waals surface area contributed by atoms with Gasteiger partial charge in [0.2, 0.25) is 6.04 Å². The van der Waals surface area contributed by atoms with Crippen molar-refractivity contribution >= 4 is 6.09 Å². The highest BCUT2D eigenvalue weighted by atomic mass is 19.4. The Morgan fingerprint density at radius 1 is 1.35 bits per heavy atom. The van der Waals surface area contributed by atoms with Gasteiger partial charge in [-0.2, -0.15) is 13.2 Å². The van der Waals surface area contributed by atoms with Crippen molar-refractivity contribution in [3.8, 4) is 0 Å². The Labute approximate surface area is 114 Å². The zero-order valence-corrected chi connectivity index (χ0v) is 11.4. The van der Waals surface area contributed by atoms with E-state index in [9.17, 15) is 28.1 Å². The fraction of sp³-hybridized carbons (Fsp3) is 0.909. The van der Waals surface area contributed by atoms with E-state index >= 15 is 0 Å². The summed E-state index contributed by atoms with van der Waals surface area (Å²) in [6, 6.07) is -1.85. The van der Waals surface area contributed by atoms with E-state index < -0.39 is 47.7 Å². The second kappa shape index (κ2) is 5.45. The minimum absolute atomic E-state index is 0.205. The van der Waals surface area contributed by atoms with Gasteiger partial charge in [0.15, 0.2) is 0 Å². The van der Waals surface area contributed by atoms with Crippen LogP contribution in [0.25, 0.3) is 0 Å². The van der Waals surface area contributed by atoms with Gasteiger partial charge in [-0.05, 0) is 27.2 Å². The van der Waals surface area contributed by atoms with Gasteiger partial charge in [-0.15, -0.1) is 0 Å². The highest BCUT2D eigenvalue weighted by Crippen LogP contribution is 2.35. The molecule has 1 heterocycles. The molecule has 0 saturated carbocycles. The van der Waals surface area contributed by atoms with Gasteiger partial charge in [0.05, 0.1) is 6.54 Å². The third-order valence-corrected chi connectivity index (χ3v) is 2.92. The third-order valence-electron chi connectivity index (χ3n) is 2.92. The van der Waals surface area contributed by atoms with Gasteiger partial charge in [0, 0.05) is 11.5 Å². The van der Waals surface area contributed by atoms with Crippen molar-refractivity contribution in [1.82, 2.24) is 4.90 Å². The molecular weight excluding hydrogens is 281 g/mol. The van der Waals surface area contributed by atoms with Crippen LogP contribution in [0, 0.1) is 16.0 Å². The Morgan fingerprint density at radius 2 is 1.90 bits per heavy atom. The number of likely N-dealkylation sites (tertiary alicyclic amines) is 1. The number of nitrogens with zero attached hydrogens (tertiary/aromatic N) is 2. The monoisotopic (exact) mass is 298 g/mol. The van der Waals surface area contributed by atoms with E-state index in [1.807, 2.05) is 0 Å². The van der Waals surface area contributed by atoms with E-state index in [0.717, 1.165) is 4.90 Å². The highest BCUT2D eigenvalue weighted by molar-refractivity contribution is 5.68. The Balaban J connectivity index is 2.79. The summed E-state index contributed by atoms with van der Waals surface area (Å²) in [6.07, 6.45) is -5.96. The molecule has 1 saturated heterocycles. The molecule has 1 aliphatic rings. The Bertz CT molecular complexity index is 392. The van der Waals surface area contributed by atoms with Crippen molar-refractivity contribution in [2.45, 2.75) is 45.0 Å². The van der Waals surface area contributed by atoms with Gasteiger partial charge in [0.1, 0.15) is 11.5 Å². The quantitative estimate of drug-likeness (QED) is 0.550. The van der Waals surface area contributed by atoms with Gasteiger partial charge < -0.3 is 9.64 Å². The van der Waals surface area contributed by atoms with Crippen LogP contribution in [0.5, 0.6) is 0 Å². The summed E-state index contributed by atoms with van der Waals surface area (Å²) < 4.78 is 43.1. The van der Waals surface area contributed by atoms with Crippen LogP contribution in [0.4, 0.5) is 18.0 Å². The topological polar surface area (TPSA) is 72.7 Å². The number of piperidine rings is 1. The van der Waals surface area contributed by atoms with Crippen LogP contribution < -0.4 is 0 Å². The second-order valence-electron chi connectivity index (χ2n) is 5.72. The summed E-state index contributed by atoms with van der Waals surface area (Å²) >= 11 is 0. The second-order valence-corrected chi connectivity index (χ2v) is 5.72. The fourth-order valence-corrected chi connectivity index (χ4v) is 2.02. The number of carbonyl (C=O) groups excluding carboxylic acids is 1. The minimum Gasteiger partial charge on any atom is -0.444 e. The van der Waals surface area contributed by atoms with Gasteiger partial charge in [-0.1, -0.05) is 0 Å². The SMILES string of the molecule is CC(C)(C)OC(=O)N1CC[C@@H](C(F)(F)F)[C@H]([N+](=O)[O-])C1. The number of carbonyl (C=O) groups is 1. The molecule has 0 aromatic carbocycles. The smallest absolute Gasteiger partial charge is 0.410 e. The van der Waals surface area contributed by atoms with Crippen molar-refractivity contribution in [2.75, 3.05) is 13.1 Å². The molecule has 0 bridgehead atoms. The van der Waals surface area contributed by atoms with Crippen LogP contribution in [0.3, 0.4) is 0 Å². The van der Waals surface area contributed by atoms with Gasteiger partial charge in [-0.3, -0.25) is 10.1 Å². The molecule has 1 fully saturated rings. The summed E-state index contributed by atoms with van der Waals surface area (Å²) in [7, 11) is 0. The molecule has 0 N–H and O–H groups in total. The Hall–Kier alpha value is -1.54. The first kappa shape index (κ1) is 16.5. The van der Waals surface area contributed by atoms with Gasteiger partial charge >= 0.3 is 12.3 Å². The molecular formula is C11H17F3N2O4. The lowest BCUT2D eigenvalue weighted by molar-refractivity contribution is -0.544. The first-order valence-corrected chi connectivity index (χ1v) is 6.10. The van der Waals surface area contributed by atoms with Crippen LogP contribution in [0.2, 0.25) is 0 Å². The lowest BCUT2D eigenvalue weighted by Crippen LogP contribution is -2.54. The zero-order chi connectivity index (χ0) is 15.7.